The molecule has 2 aliphatic heterocycles. The molecule has 0 radical (unpaired) electrons. The number of esters is 1. The van der Waals surface area contributed by atoms with Crippen molar-refractivity contribution in [1.29, 1.82) is 0 Å². The fourth-order valence-electron chi connectivity index (χ4n) is 12.7. The van der Waals surface area contributed by atoms with Crippen LogP contribution < -0.4 is 0 Å². The zero-order valence-corrected chi connectivity index (χ0v) is 27.9. The van der Waals surface area contributed by atoms with Crippen LogP contribution >= 0.6 is 0 Å². The van der Waals surface area contributed by atoms with Gasteiger partial charge in [-0.1, -0.05) is 27.7 Å². The van der Waals surface area contributed by atoms with Crippen LogP contribution in [0.1, 0.15) is 113 Å². The largest absolute Gasteiger partial charge is 0.491 e. The predicted molar refractivity (Wildman–Crippen MR) is 163 cm³/mol. The smallest absolute Gasteiger partial charge is 0.303 e. The Morgan fingerprint density at radius 3 is 2.43 bits per heavy atom. The van der Waals surface area contributed by atoms with Crippen molar-refractivity contribution in [3.63, 3.8) is 0 Å². The molecular formula is C36H56O8. The number of fused-ring (bicyclic) bond motifs is 3. The zero-order chi connectivity index (χ0) is 31.6. The van der Waals surface area contributed by atoms with E-state index in [-0.39, 0.29) is 35.6 Å². The molecule has 7 rings (SSSR count). The molecule has 13 atom stereocenters. The summed E-state index contributed by atoms with van der Waals surface area (Å²) >= 11 is 0. The number of carbonyl (C=O) groups is 1. The standard InChI is InChI=1S/C36H56O8/c1-19-35-15-14-34(7)22-8-10-26(31(33(5,6)40)42-20(2)37)43-27(22)16-23(34)21(35)9-11-28-32(3,4)29(12-13-36(19,28)35)44-30-17-24(38)25(39)18-41-30/h19,21,23-26,28-31,38-40H,8-18H2,1-7H3/t19-,21-,23?,24+,25-,26+,28?,29-,30?,31+,34+,35-,36?/m0/s1. The summed E-state index contributed by atoms with van der Waals surface area (Å²) < 4.78 is 24.8. The van der Waals surface area contributed by atoms with E-state index in [2.05, 4.69) is 27.7 Å². The molecule has 7 aliphatic rings. The molecule has 0 amide bonds. The lowest BCUT2D eigenvalue weighted by Gasteiger charge is -2.59. The summed E-state index contributed by atoms with van der Waals surface area (Å²) in [5, 5.41) is 31.0. The molecule has 0 bridgehead atoms. The second kappa shape index (κ2) is 10.2. The first-order valence-corrected chi connectivity index (χ1v) is 17.5. The molecule has 0 aromatic rings. The normalized spacial score (nSPS) is 49.8. The van der Waals surface area contributed by atoms with E-state index in [0.717, 1.165) is 31.4 Å². The van der Waals surface area contributed by atoms with E-state index >= 15 is 0 Å². The Morgan fingerprint density at radius 2 is 1.75 bits per heavy atom. The van der Waals surface area contributed by atoms with Gasteiger partial charge in [0.2, 0.25) is 0 Å². The van der Waals surface area contributed by atoms with Crippen molar-refractivity contribution < 1.29 is 39.1 Å². The quantitative estimate of drug-likeness (QED) is 0.283. The highest BCUT2D eigenvalue weighted by Gasteiger charge is 2.84. The molecule has 1 saturated heterocycles. The molecule has 8 nitrogen and oxygen atoms in total. The van der Waals surface area contributed by atoms with Crippen molar-refractivity contribution in [2.24, 2.45) is 45.3 Å². The molecule has 0 aromatic heterocycles. The zero-order valence-electron chi connectivity index (χ0n) is 27.9. The number of ether oxygens (including phenoxy) is 4. The first-order chi connectivity index (χ1) is 20.6. The van der Waals surface area contributed by atoms with E-state index in [1.807, 2.05) is 0 Å². The number of hydrogen-bond acceptors (Lipinski definition) is 8. The second-order valence-electron chi connectivity index (χ2n) is 17.2. The molecule has 3 N–H and O–H groups in total. The van der Waals surface area contributed by atoms with Gasteiger partial charge in [0.05, 0.1) is 30.2 Å². The number of rotatable bonds is 5. The summed E-state index contributed by atoms with van der Waals surface area (Å²) in [7, 11) is 0. The maximum Gasteiger partial charge on any atom is 0.303 e. The van der Waals surface area contributed by atoms with Crippen molar-refractivity contribution >= 4 is 5.97 Å². The van der Waals surface area contributed by atoms with Crippen LogP contribution in [-0.4, -0.2) is 70.3 Å². The van der Waals surface area contributed by atoms with Crippen molar-refractivity contribution in [3.05, 3.63) is 11.3 Å². The minimum atomic E-state index is -1.18. The third-order valence-corrected chi connectivity index (χ3v) is 14.7. The van der Waals surface area contributed by atoms with Gasteiger partial charge < -0.3 is 34.3 Å². The van der Waals surface area contributed by atoms with Crippen LogP contribution in [0.25, 0.3) is 0 Å². The van der Waals surface area contributed by atoms with Gasteiger partial charge in [-0.3, -0.25) is 4.79 Å². The van der Waals surface area contributed by atoms with E-state index in [1.54, 1.807) is 13.8 Å². The Morgan fingerprint density at radius 1 is 1.00 bits per heavy atom. The van der Waals surface area contributed by atoms with Gasteiger partial charge in [-0.2, -0.15) is 0 Å². The Labute approximate surface area is 263 Å². The molecule has 4 saturated carbocycles. The summed E-state index contributed by atoms with van der Waals surface area (Å²) in [6.07, 6.45) is 7.10. The summed E-state index contributed by atoms with van der Waals surface area (Å²) in [6, 6.07) is 0. The highest BCUT2D eigenvalue weighted by atomic mass is 16.7. The summed E-state index contributed by atoms with van der Waals surface area (Å²) in [5.74, 6) is 3.25. The maximum absolute atomic E-state index is 11.9. The third kappa shape index (κ3) is 4.22. The van der Waals surface area contributed by atoms with Crippen molar-refractivity contribution in [2.45, 2.75) is 155 Å². The first kappa shape index (κ1) is 31.4. The van der Waals surface area contributed by atoms with Crippen LogP contribution in [-0.2, 0) is 23.7 Å². The van der Waals surface area contributed by atoms with Crippen molar-refractivity contribution in [3.8, 4) is 0 Å². The highest BCUT2D eigenvalue weighted by molar-refractivity contribution is 5.66. The van der Waals surface area contributed by atoms with Crippen molar-refractivity contribution in [2.75, 3.05) is 6.61 Å². The van der Waals surface area contributed by atoms with Gasteiger partial charge in [0.1, 0.15) is 12.2 Å². The summed E-state index contributed by atoms with van der Waals surface area (Å²) in [4.78, 5) is 11.9. The van der Waals surface area contributed by atoms with Gasteiger partial charge in [-0.25, -0.2) is 0 Å². The lowest BCUT2D eigenvalue weighted by atomic mass is 9.46. The second-order valence-corrected chi connectivity index (χ2v) is 17.2. The third-order valence-electron chi connectivity index (χ3n) is 14.7. The van der Waals surface area contributed by atoms with Gasteiger partial charge in [-0.05, 0) is 116 Å². The molecule has 4 unspecified atom stereocenters. The molecule has 5 fully saturated rings. The molecule has 5 aliphatic carbocycles. The lowest BCUT2D eigenvalue weighted by Crippen LogP contribution is -2.55. The van der Waals surface area contributed by atoms with E-state index in [0.29, 0.717) is 40.9 Å². The Kier molecular flexibility index (Phi) is 7.25. The van der Waals surface area contributed by atoms with Gasteiger partial charge in [0.15, 0.2) is 12.4 Å². The van der Waals surface area contributed by atoms with E-state index < -0.39 is 30.2 Å². The van der Waals surface area contributed by atoms with Crippen LogP contribution in [0, 0.1) is 45.3 Å². The molecule has 0 aromatic carbocycles. The molecule has 2 heterocycles. The molecule has 2 spiro atoms. The number of carbonyl (C=O) groups excluding carboxylic acids is 1. The average Bonchev–Trinajstić information content (AvgIpc) is 3.32. The van der Waals surface area contributed by atoms with Crippen LogP contribution in [0.2, 0.25) is 0 Å². The fraction of sp³-hybridized carbons (Fsp3) is 0.917. The van der Waals surface area contributed by atoms with E-state index in [9.17, 15) is 20.1 Å². The van der Waals surface area contributed by atoms with Crippen LogP contribution in [0.5, 0.6) is 0 Å². The Hall–Kier alpha value is -1.19. The SMILES string of the molecule is CC(=O)O[C@H]([C@H]1CCC2=C(CC3[C@@H]4CCC5C(C)(C)[C@@H](OC6C[C@@H](O)[C@@H](O)CO6)CCC56[C@@H](C)[C@@]46CC[C@]23C)O1)C(C)(C)O. The molecule has 248 valence electrons. The predicted octanol–water partition coefficient (Wildman–Crippen LogP) is 5.26. The Bertz CT molecular complexity index is 1200. The lowest BCUT2D eigenvalue weighted by molar-refractivity contribution is -0.264. The van der Waals surface area contributed by atoms with Gasteiger partial charge in [-0.15, -0.1) is 0 Å². The minimum absolute atomic E-state index is 0.00156. The minimum Gasteiger partial charge on any atom is -0.491 e. The van der Waals surface area contributed by atoms with E-state index in [4.69, 9.17) is 18.9 Å². The topological polar surface area (TPSA) is 115 Å². The summed E-state index contributed by atoms with van der Waals surface area (Å²) in [6.45, 7) is 14.8. The van der Waals surface area contributed by atoms with Crippen LogP contribution in [0.4, 0.5) is 0 Å². The van der Waals surface area contributed by atoms with Gasteiger partial charge >= 0.3 is 5.97 Å². The Balaban J connectivity index is 1.10. The monoisotopic (exact) mass is 616 g/mol. The van der Waals surface area contributed by atoms with Crippen LogP contribution in [0.3, 0.4) is 0 Å². The fourth-order valence-corrected chi connectivity index (χ4v) is 12.7. The average molecular weight is 617 g/mol. The van der Waals surface area contributed by atoms with Crippen molar-refractivity contribution in [1.82, 2.24) is 0 Å². The molecule has 8 heteroatoms. The van der Waals surface area contributed by atoms with E-state index in [1.165, 1.54) is 44.6 Å². The number of aliphatic hydroxyl groups is 3. The highest BCUT2D eigenvalue weighted by Crippen LogP contribution is 2.89. The first-order valence-electron chi connectivity index (χ1n) is 17.5. The number of hydrogen-bond donors (Lipinski definition) is 3. The molecular weight excluding hydrogens is 560 g/mol. The number of aliphatic hydroxyl groups excluding tert-OH is 2. The van der Waals surface area contributed by atoms with Crippen LogP contribution in [0.15, 0.2) is 11.3 Å². The maximum atomic E-state index is 11.9. The van der Waals surface area contributed by atoms with Gasteiger partial charge in [0.25, 0.3) is 0 Å². The summed E-state index contributed by atoms with van der Waals surface area (Å²) in [5.41, 5.74) is 1.17. The number of allylic oxidation sites excluding steroid dienone is 2. The van der Waals surface area contributed by atoms with Gasteiger partial charge in [0, 0.05) is 19.8 Å². The molecule has 44 heavy (non-hydrogen) atoms.